The molecule has 1 unspecified atom stereocenters. The number of nitrogens with zero attached hydrogens (tertiary/aromatic N) is 4. The summed E-state index contributed by atoms with van der Waals surface area (Å²) in [7, 11) is 0. The monoisotopic (exact) mass is 600 g/mol. The van der Waals surface area contributed by atoms with E-state index in [0.717, 1.165) is 52.5 Å². The summed E-state index contributed by atoms with van der Waals surface area (Å²) in [4.78, 5) is 13.6. The first kappa shape index (κ1) is 29.5. The fourth-order valence-electron chi connectivity index (χ4n) is 6.24. The van der Waals surface area contributed by atoms with E-state index >= 15 is 0 Å². The molecule has 0 aliphatic heterocycles. The van der Waals surface area contributed by atoms with Crippen molar-refractivity contribution in [2.75, 3.05) is 9.80 Å². The van der Waals surface area contributed by atoms with Crippen LogP contribution >= 0.6 is 0 Å². The van der Waals surface area contributed by atoms with Gasteiger partial charge < -0.3 is 9.80 Å². The average molecular weight is 601 g/mol. The highest BCUT2D eigenvalue weighted by molar-refractivity contribution is 5.90. The molecule has 2 heterocycles. The third kappa shape index (κ3) is 5.56. The first-order chi connectivity index (χ1) is 22.3. The van der Waals surface area contributed by atoms with E-state index in [1.54, 1.807) is 0 Å². The summed E-state index contributed by atoms with van der Waals surface area (Å²) in [5.41, 5.74) is 11.6. The predicted molar refractivity (Wildman–Crippen MR) is 192 cm³/mol. The minimum absolute atomic E-state index is 0.0638. The van der Waals surface area contributed by atoms with Gasteiger partial charge in [0.2, 0.25) is 0 Å². The summed E-state index contributed by atoms with van der Waals surface area (Å²) >= 11 is 0. The van der Waals surface area contributed by atoms with Gasteiger partial charge in [-0.1, -0.05) is 82.3 Å². The van der Waals surface area contributed by atoms with Gasteiger partial charge >= 0.3 is 0 Å². The van der Waals surface area contributed by atoms with E-state index in [2.05, 4.69) is 157 Å². The van der Waals surface area contributed by atoms with Crippen molar-refractivity contribution in [2.45, 2.75) is 40.5 Å². The molecule has 0 bridgehead atoms. The van der Waals surface area contributed by atoms with Crippen LogP contribution in [-0.4, -0.2) is 9.97 Å². The minimum Gasteiger partial charge on any atom is -0.309 e. The van der Waals surface area contributed by atoms with Gasteiger partial charge in [0.25, 0.3) is 0 Å². The zero-order chi connectivity index (χ0) is 31.7. The highest BCUT2D eigenvalue weighted by atomic mass is 15.2. The number of aryl methyl sites for hydroxylation is 2. The van der Waals surface area contributed by atoms with Crippen LogP contribution in [0.2, 0.25) is 0 Å². The van der Waals surface area contributed by atoms with Crippen molar-refractivity contribution in [1.82, 2.24) is 9.97 Å². The van der Waals surface area contributed by atoms with Crippen molar-refractivity contribution in [3.63, 3.8) is 0 Å². The van der Waals surface area contributed by atoms with E-state index in [1.165, 1.54) is 16.7 Å². The lowest BCUT2D eigenvalue weighted by Crippen LogP contribution is -2.28. The van der Waals surface area contributed by atoms with Crippen LogP contribution in [0.15, 0.2) is 152 Å². The summed E-state index contributed by atoms with van der Waals surface area (Å²) in [6.07, 6.45) is 21.2. The lowest BCUT2D eigenvalue weighted by Gasteiger charge is -2.37. The maximum Gasteiger partial charge on any atom is 0.0645 e. The van der Waals surface area contributed by atoms with Crippen LogP contribution in [0.25, 0.3) is 11.1 Å². The summed E-state index contributed by atoms with van der Waals surface area (Å²) < 4.78 is 0. The Morgan fingerprint density at radius 2 is 1.35 bits per heavy atom. The molecule has 0 fully saturated rings. The Balaban J connectivity index is 1.44. The lowest BCUT2D eigenvalue weighted by atomic mass is 9.68. The third-order valence-corrected chi connectivity index (χ3v) is 9.67. The zero-order valence-electron chi connectivity index (χ0n) is 27.1. The molecule has 7 rings (SSSR count). The second-order valence-corrected chi connectivity index (χ2v) is 13.4. The normalized spacial score (nSPS) is 17.0. The predicted octanol–water partition coefficient (Wildman–Crippen LogP) is 10.9. The Labute approximate surface area is 273 Å². The van der Waals surface area contributed by atoms with Gasteiger partial charge in [0.15, 0.2) is 0 Å². The topological polar surface area (TPSA) is 32.3 Å². The summed E-state index contributed by atoms with van der Waals surface area (Å²) in [6, 6.07) is 32.5. The number of fused-ring (bicyclic) bond motifs is 1. The molecular weight excluding hydrogens is 560 g/mol. The Kier molecular flexibility index (Phi) is 7.66. The highest BCUT2D eigenvalue weighted by Gasteiger charge is 2.33. The van der Waals surface area contributed by atoms with Gasteiger partial charge in [-0.25, -0.2) is 0 Å². The molecule has 0 radical (unpaired) electrons. The second kappa shape index (κ2) is 11.9. The molecule has 0 saturated carbocycles. The maximum atomic E-state index is 4.55. The SMILES string of the molecule is CC(C)(C)C1(C)C=CC=C(N(c2cccnc2)c2ccc(N(c3ccccc3)c3cccnc3)cc2-c2ccc3c(c2)CC3)C=C1. The van der Waals surface area contributed by atoms with E-state index in [-0.39, 0.29) is 10.8 Å². The van der Waals surface area contributed by atoms with Crippen LogP contribution in [-0.2, 0) is 12.8 Å². The quantitative estimate of drug-likeness (QED) is 0.186. The number of benzene rings is 3. The van der Waals surface area contributed by atoms with Crippen LogP contribution in [0.3, 0.4) is 0 Å². The number of para-hydroxylation sites is 1. The van der Waals surface area contributed by atoms with E-state index in [0.29, 0.717) is 0 Å². The molecule has 1 atom stereocenters. The molecule has 228 valence electrons. The fourth-order valence-corrected chi connectivity index (χ4v) is 6.24. The molecule has 2 aliphatic carbocycles. The molecule has 4 nitrogen and oxygen atoms in total. The molecule has 2 aliphatic rings. The van der Waals surface area contributed by atoms with Gasteiger partial charge in [-0.2, -0.15) is 0 Å². The second-order valence-electron chi connectivity index (χ2n) is 13.4. The standard InChI is InChI=1S/C42H40N4/c1-41(2,3)42(4)23-8-13-35(22-24-42)46(38-15-10-26-44-30-38)40-21-20-36(28-39(40)33-19-17-31-16-18-32(31)27-33)45(34-11-6-5-7-12-34)37-14-9-25-43-29-37/h5-15,17,19-30H,16,18H2,1-4H3. The van der Waals surface area contributed by atoms with Crippen molar-refractivity contribution >= 4 is 28.4 Å². The minimum atomic E-state index is -0.0970. The molecule has 2 aromatic heterocycles. The number of allylic oxidation sites excluding steroid dienone is 5. The first-order valence-corrected chi connectivity index (χ1v) is 16.1. The van der Waals surface area contributed by atoms with Crippen molar-refractivity contribution in [1.29, 1.82) is 0 Å². The van der Waals surface area contributed by atoms with Gasteiger partial charge in [0.1, 0.15) is 0 Å². The summed E-state index contributed by atoms with van der Waals surface area (Å²) in [5, 5.41) is 0. The maximum absolute atomic E-state index is 4.55. The van der Waals surface area contributed by atoms with Gasteiger partial charge in [-0.3, -0.25) is 9.97 Å². The van der Waals surface area contributed by atoms with Crippen molar-refractivity contribution < 1.29 is 0 Å². The fraction of sp³-hybridized carbons (Fsp3) is 0.190. The Bertz CT molecular complexity index is 1900. The molecule has 5 aromatic rings. The molecular formula is C42H40N4. The number of pyridine rings is 2. The summed E-state index contributed by atoms with van der Waals surface area (Å²) in [5.74, 6) is 0. The molecule has 3 aromatic carbocycles. The van der Waals surface area contributed by atoms with Gasteiger partial charge in [0, 0.05) is 40.4 Å². The van der Waals surface area contributed by atoms with Crippen molar-refractivity contribution in [2.24, 2.45) is 10.8 Å². The Morgan fingerprint density at radius 1 is 0.652 bits per heavy atom. The smallest absolute Gasteiger partial charge is 0.0645 e. The summed E-state index contributed by atoms with van der Waals surface area (Å²) in [6.45, 7) is 9.21. The first-order valence-electron chi connectivity index (χ1n) is 16.1. The van der Waals surface area contributed by atoms with E-state index in [9.17, 15) is 0 Å². The van der Waals surface area contributed by atoms with Crippen LogP contribution < -0.4 is 9.80 Å². The number of rotatable bonds is 7. The van der Waals surface area contributed by atoms with E-state index in [4.69, 9.17) is 0 Å². The average Bonchev–Trinajstić information content (AvgIpc) is 3.26. The van der Waals surface area contributed by atoms with Gasteiger partial charge in [-0.05, 0) is 102 Å². The van der Waals surface area contributed by atoms with Crippen molar-refractivity contribution in [3.8, 4) is 11.1 Å². The van der Waals surface area contributed by atoms with E-state index < -0.39 is 0 Å². The van der Waals surface area contributed by atoms with Crippen LogP contribution in [0.4, 0.5) is 28.4 Å². The van der Waals surface area contributed by atoms with Crippen LogP contribution in [0, 0.1) is 10.8 Å². The molecule has 0 saturated heterocycles. The van der Waals surface area contributed by atoms with Crippen LogP contribution in [0.1, 0.15) is 38.8 Å². The number of hydrogen-bond donors (Lipinski definition) is 0. The number of aromatic nitrogens is 2. The van der Waals surface area contributed by atoms with E-state index in [1.807, 2.05) is 36.9 Å². The molecule has 0 spiro atoms. The third-order valence-electron chi connectivity index (χ3n) is 9.67. The Morgan fingerprint density at radius 3 is 1.98 bits per heavy atom. The van der Waals surface area contributed by atoms with Gasteiger partial charge in [-0.15, -0.1) is 0 Å². The molecule has 46 heavy (non-hydrogen) atoms. The lowest BCUT2D eigenvalue weighted by molar-refractivity contribution is 0.228. The number of anilines is 5. The van der Waals surface area contributed by atoms with Crippen molar-refractivity contribution in [3.05, 3.63) is 163 Å². The zero-order valence-corrected chi connectivity index (χ0v) is 27.1. The molecule has 0 N–H and O–H groups in total. The largest absolute Gasteiger partial charge is 0.309 e. The van der Waals surface area contributed by atoms with Gasteiger partial charge in [0.05, 0.1) is 29.5 Å². The Hall–Kier alpha value is -5.22. The molecule has 4 heteroatoms. The van der Waals surface area contributed by atoms with Crippen LogP contribution in [0.5, 0.6) is 0 Å². The highest BCUT2D eigenvalue weighted by Crippen LogP contribution is 2.46. The number of hydrogen-bond acceptors (Lipinski definition) is 4. The molecule has 0 amide bonds.